The predicted octanol–water partition coefficient (Wildman–Crippen LogP) is 2.15. The number of hydrogen-bond donors (Lipinski definition) is 1. The molecule has 7 heteroatoms. The third-order valence-corrected chi connectivity index (χ3v) is 3.67. The highest BCUT2D eigenvalue weighted by Crippen LogP contribution is 2.16. The Labute approximate surface area is 131 Å². The SMILES string of the molecule is CCCOCC1CCN(C(=O)NCc2nc(C(C)C)no2)C1. The largest absolute Gasteiger partial charge is 0.381 e. The van der Waals surface area contributed by atoms with Crippen molar-refractivity contribution >= 4 is 6.03 Å². The molecule has 0 bridgehead atoms. The molecule has 2 rings (SSSR count). The van der Waals surface area contributed by atoms with E-state index in [2.05, 4.69) is 22.4 Å². The van der Waals surface area contributed by atoms with Crippen LogP contribution < -0.4 is 5.32 Å². The van der Waals surface area contributed by atoms with Crippen molar-refractivity contribution in [3.8, 4) is 0 Å². The Kier molecular flexibility index (Phi) is 6.18. The van der Waals surface area contributed by atoms with Crippen molar-refractivity contribution in [3.05, 3.63) is 11.7 Å². The van der Waals surface area contributed by atoms with Gasteiger partial charge in [0, 0.05) is 31.5 Å². The molecule has 7 nitrogen and oxygen atoms in total. The van der Waals surface area contributed by atoms with Crippen LogP contribution in [-0.4, -0.2) is 47.4 Å². The van der Waals surface area contributed by atoms with E-state index in [1.54, 1.807) is 0 Å². The fourth-order valence-corrected chi connectivity index (χ4v) is 2.38. The highest BCUT2D eigenvalue weighted by atomic mass is 16.5. The normalized spacial score (nSPS) is 18.2. The van der Waals surface area contributed by atoms with Gasteiger partial charge < -0.3 is 19.5 Å². The van der Waals surface area contributed by atoms with Crippen molar-refractivity contribution in [2.24, 2.45) is 5.92 Å². The van der Waals surface area contributed by atoms with E-state index in [1.165, 1.54) is 0 Å². The first-order chi connectivity index (χ1) is 10.6. The molecular formula is C15H26N4O3. The molecule has 1 fully saturated rings. The first-order valence-electron chi connectivity index (χ1n) is 8.03. The van der Waals surface area contributed by atoms with Crippen molar-refractivity contribution < 1.29 is 14.1 Å². The molecule has 1 aliphatic heterocycles. The Morgan fingerprint density at radius 1 is 1.55 bits per heavy atom. The average Bonchev–Trinajstić information content (AvgIpc) is 3.14. The lowest BCUT2D eigenvalue weighted by atomic mass is 10.1. The molecule has 0 saturated carbocycles. The van der Waals surface area contributed by atoms with Gasteiger partial charge in [-0.2, -0.15) is 4.98 Å². The van der Waals surface area contributed by atoms with Gasteiger partial charge in [-0.15, -0.1) is 0 Å². The molecule has 22 heavy (non-hydrogen) atoms. The number of urea groups is 1. The molecule has 0 aromatic carbocycles. The van der Waals surface area contributed by atoms with Crippen LogP contribution in [-0.2, 0) is 11.3 Å². The summed E-state index contributed by atoms with van der Waals surface area (Å²) in [5.41, 5.74) is 0. The first kappa shape index (κ1) is 16.7. The molecule has 1 N–H and O–H groups in total. The Hall–Kier alpha value is -1.63. The second-order valence-electron chi connectivity index (χ2n) is 6.04. The van der Waals surface area contributed by atoms with Gasteiger partial charge in [0.25, 0.3) is 0 Å². The number of likely N-dealkylation sites (tertiary alicyclic amines) is 1. The molecule has 0 radical (unpaired) electrons. The van der Waals surface area contributed by atoms with E-state index < -0.39 is 0 Å². The number of amides is 2. The Bertz CT molecular complexity index is 475. The smallest absolute Gasteiger partial charge is 0.317 e. The second-order valence-corrected chi connectivity index (χ2v) is 6.04. The number of hydrogen-bond acceptors (Lipinski definition) is 5. The van der Waals surface area contributed by atoms with Gasteiger partial charge in [0.2, 0.25) is 5.89 Å². The van der Waals surface area contributed by atoms with Gasteiger partial charge in [-0.05, 0) is 12.8 Å². The average molecular weight is 310 g/mol. The molecule has 1 unspecified atom stereocenters. The number of nitrogens with zero attached hydrogens (tertiary/aromatic N) is 3. The summed E-state index contributed by atoms with van der Waals surface area (Å²) in [6.07, 6.45) is 2.02. The molecule has 1 saturated heterocycles. The molecule has 124 valence electrons. The standard InChI is InChI=1S/C15H26N4O3/c1-4-7-21-10-12-5-6-19(9-12)15(20)16-8-13-17-14(11(2)3)18-22-13/h11-12H,4-10H2,1-3H3,(H,16,20). The van der Waals surface area contributed by atoms with Crippen LogP contribution in [0, 0.1) is 5.92 Å². The molecule has 2 amide bonds. The van der Waals surface area contributed by atoms with Crippen molar-refractivity contribution in [1.82, 2.24) is 20.4 Å². The van der Waals surface area contributed by atoms with E-state index in [1.807, 2.05) is 18.7 Å². The van der Waals surface area contributed by atoms with Crippen LogP contribution in [0.25, 0.3) is 0 Å². The van der Waals surface area contributed by atoms with Gasteiger partial charge in [-0.3, -0.25) is 0 Å². The fraction of sp³-hybridized carbons (Fsp3) is 0.800. The summed E-state index contributed by atoms with van der Waals surface area (Å²) in [7, 11) is 0. The second kappa shape index (κ2) is 8.12. The van der Waals surface area contributed by atoms with Crippen molar-refractivity contribution in [3.63, 3.8) is 0 Å². The maximum Gasteiger partial charge on any atom is 0.317 e. The van der Waals surface area contributed by atoms with E-state index in [9.17, 15) is 4.79 Å². The number of carbonyl (C=O) groups excluding carboxylic acids is 1. The van der Waals surface area contributed by atoms with E-state index in [0.717, 1.165) is 39.1 Å². The van der Waals surface area contributed by atoms with Crippen LogP contribution >= 0.6 is 0 Å². The maximum absolute atomic E-state index is 12.1. The minimum absolute atomic E-state index is 0.0812. The molecule has 1 aromatic heterocycles. The van der Waals surface area contributed by atoms with Crippen LogP contribution in [0.2, 0.25) is 0 Å². The summed E-state index contributed by atoms with van der Waals surface area (Å²) in [6, 6.07) is -0.0812. The Balaban J connectivity index is 1.71. The minimum atomic E-state index is -0.0812. The molecule has 2 heterocycles. The lowest BCUT2D eigenvalue weighted by molar-refractivity contribution is 0.102. The van der Waals surface area contributed by atoms with E-state index in [0.29, 0.717) is 17.6 Å². The van der Waals surface area contributed by atoms with Crippen molar-refractivity contribution in [2.45, 2.75) is 46.1 Å². The molecular weight excluding hydrogens is 284 g/mol. The highest BCUT2D eigenvalue weighted by molar-refractivity contribution is 5.74. The zero-order chi connectivity index (χ0) is 15.9. The molecule has 1 atom stereocenters. The number of rotatable bonds is 7. The maximum atomic E-state index is 12.1. The predicted molar refractivity (Wildman–Crippen MR) is 81.4 cm³/mol. The highest BCUT2D eigenvalue weighted by Gasteiger charge is 2.26. The molecule has 0 aliphatic carbocycles. The summed E-state index contributed by atoms with van der Waals surface area (Å²) in [4.78, 5) is 18.2. The van der Waals surface area contributed by atoms with Crippen LogP contribution in [0.5, 0.6) is 0 Å². The quantitative estimate of drug-likeness (QED) is 0.781. The zero-order valence-electron chi connectivity index (χ0n) is 13.7. The van der Waals surface area contributed by atoms with Crippen LogP contribution in [0.1, 0.15) is 51.2 Å². The summed E-state index contributed by atoms with van der Waals surface area (Å²) in [6.45, 7) is 9.40. The van der Waals surface area contributed by atoms with Crippen LogP contribution in [0.4, 0.5) is 4.79 Å². The topological polar surface area (TPSA) is 80.5 Å². The van der Waals surface area contributed by atoms with E-state index in [-0.39, 0.29) is 18.5 Å². The molecule has 0 spiro atoms. The fourth-order valence-electron chi connectivity index (χ4n) is 2.38. The Morgan fingerprint density at radius 2 is 2.36 bits per heavy atom. The third kappa shape index (κ3) is 4.69. The number of nitrogens with one attached hydrogen (secondary N) is 1. The van der Waals surface area contributed by atoms with Gasteiger partial charge in [-0.25, -0.2) is 4.79 Å². The third-order valence-electron chi connectivity index (χ3n) is 3.67. The molecule has 1 aliphatic rings. The van der Waals surface area contributed by atoms with Crippen LogP contribution in [0.3, 0.4) is 0 Å². The summed E-state index contributed by atoms with van der Waals surface area (Å²) in [5.74, 6) is 1.77. The summed E-state index contributed by atoms with van der Waals surface area (Å²) >= 11 is 0. The minimum Gasteiger partial charge on any atom is -0.381 e. The number of aromatic nitrogens is 2. The van der Waals surface area contributed by atoms with Gasteiger partial charge in [-0.1, -0.05) is 25.9 Å². The van der Waals surface area contributed by atoms with E-state index >= 15 is 0 Å². The van der Waals surface area contributed by atoms with Crippen molar-refractivity contribution in [1.29, 1.82) is 0 Å². The van der Waals surface area contributed by atoms with Crippen molar-refractivity contribution in [2.75, 3.05) is 26.3 Å². The number of ether oxygens (including phenoxy) is 1. The van der Waals surface area contributed by atoms with Gasteiger partial charge in [0.15, 0.2) is 5.82 Å². The summed E-state index contributed by atoms with van der Waals surface area (Å²) < 4.78 is 10.7. The van der Waals surface area contributed by atoms with E-state index in [4.69, 9.17) is 9.26 Å². The first-order valence-corrected chi connectivity index (χ1v) is 8.03. The van der Waals surface area contributed by atoms with Gasteiger partial charge in [0.1, 0.15) is 0 Å². The number of carbonyl (C=O) groups is 1. The Morgan fingerprint density at radius 3 is 3.05 bits per heavy atom. The van der Waals surface area contributed by atoms with Gasteiger partial charge in [0.05, 0.1) is 13.2 Å². The lowest BCUT2D eigenvalue weighted by Gasteiger charge is -2.16. The summed E-state index contributed by atoms with van der Waals surface area (Å²) in [5, 5.41) is 6.71. The monoisotopic (exact) mass is 310 g/mol. The molecule has 1 aromatic rings. The lowest BCUT2D eigenvalue weighted by Crippen LogP contribution is -2.38. The zero-order valence-corrected chi connectivity index (χ0v) is 13.7. The van der Waals surface area contributed by atoms with Crippen LogP contribution in [0.15, 0.2) is 4.52 Å². The van der Waals surface area contributed by atoms with Gasteiger partial charge >= 0.3 is 6.03 Å².